The molecule has 1 aromatic heterocycles. The molecular weight excluding hydrogens is 438 g/mol. The van der Waals surface area contributed by atoms with E-state index in [2.05, 4.69) is 24.1 Å². The Morgan fingerprint density at radius 1 is 1.06 bits per heavy atom. The van der Waals surface area contributed by atoms with Gasteiger partial charge in [-0.1, -0.05) is 49.6 Å². The lowest BCUT2D eigenvalue weighted by atomic mass is 9.80. The number of amides is 1. The standard InChI is InChI=1S/C29H39N3O3/c1-31-15-9-10-21(19-31)20-32(2)27(33)18-26-29(23-13-7-4-8-14-23)25(22-11-5-3-6-12-22)16-24(30-26)17-28(34)35/h4,7-8,13-14,16,21-22H,3,5-6,9-12,15,17-20H2,1-2H3,(H,34,35). The largest absolute Gasteiger partial charge is 0.481 e. The van der Waals surface area contributed by atoms with Crippen molar-refractivity contribution in [2.24, 2.45) is 5.92 Å². The number of likely N-dealkylation sites (tertiary alicyclic amines) is 1. The molecule has 1 aromatic carbocycles. The van der Waals surface area contributed by atoms with Crippen molar-refractivity contribution in [2.75, 3.05) is 33.7 Å². The van der Waals surface area contributed by atoms with Crippen molar-refractivity contribution >= 4 is 11.9 Å². The molecule has 1 saturated carbocycles. The number of rotatable bonds is 8. The zero-order valence-corrected chi connectivity index (χ0v) is 21.2. The Hall–Kier alpha value is -2.73. The van der Waals surface area contributed by atoms with E-state index >= 15 is 0 Å². The van der Waals surface area contributed by atoms with Gasteiger partial charge in [-0.2, -0.15) is 0 Å². The molecule has 1 amide bonds. The van der Waals surface area contributed by atoms with Crippen LogP contribution in [0.4, 0.5) is 0 Å². The van der Waals surface area contributed by atoms with Gasteiger partial charge in [0, 0.05) is 25.7 Å². The van der Waals surface area contributed by atoms with E-state index in [0.717, 1.165) is 50.0 Å². The number of carboxylic acid groups (broad SMARTS) is 1. The van der Waals surface area contributed by atoms with Crippen LogP contribution in [0.1, 0.15) is 67.8 Å². The van der Waals surface area contributed by atoms with Gasteiger partial charge in [-0.3, -0.25) is 14.6 Å². The summed E-state index contributed by atoms with van der Waals surface area (Å²) in [6.45, 7) is 2.89. The van der Waals surface area contributed by atoms with Gasteiger partial charge in [0.2, 0.25) is 5.91 Å². The number of nitrogens with zero attached hydrogens (tertiary/aromatic N) is 3. The third-order valence-electron chi connectivity index (χ3n) is 7.62. The predicted molar refractivity (Wildman–Crippen MR) is 138 cm³/mol. The molecule has 1 aliphatic carbocycles. The Bertz CT molecular complexity index is 1020. The van der Waals surface area contributed by atoms with Crippen molar-refractivity contribution < 1.29 is 14.7 Å². The van der Waals surface area contributed by atoms with Crippen LogP contribution in [0.15, 0.2) is 36.4 Å². The second kappa shape index (κ2) is 11.8. The fourth-order valence-electron chi connectivity index (χ4n) is 5.92. The second-order valence-electron chi connectivity index (χ2n) is 10.5. The number of hydrogen-bond donors (Lipinski definition) is 1. The highest BCUT2D eigenvalue weighted by molar-refractivity contribution is 5.82. The van der Waals surface area contributed by atoms with Crippen molar-refractivity contribution in [1.29, 1.82) is 0 Å². The summed E-state index contributed by atoms with van der Waals surface area (Å²) in [6.07, 6.45) is 8.19. The number of hydrogen-bond acceptors (Lipinski definition) is 4. The SMILES string of the molecule is CN1CCCC(CN(C)C(=O)Cc2nc(CC(=O)O)cc(C3CCCCC3)c2-c2ccccc2)C1. The van der Waals surface area contributed by atoms with Crippen molar-refractivity contribution in [2.45, 2.75) is 63.7 Å². The molecule has 2 heterocycles. The zero-order valence-electron chi connectivity index (χ0n) is 21.2. The monoisotopic (exact) mass is 477 g/mol. The van der Waals surface area contributed by atoms with E-state index in [-0.39, 0.29) is 18.7 Å². The van der Waals surface area contributed by atoms with Crippen LogP contribution in [0.3, 0.4) is 0 Å². The Balaban J connectivity index is 1.67. The van der Waals surface area contributed by atoms with Gasteiger partial charge < -0.3 is 14.9 Å². The lowest BCUT2D eigenvalue weighted by Crippen LogP contribution is -2.40. The second-order valence-corrected chi connectivity index (χ2v) is 10.5. The Morgan fingerprint density at radius 2 is 1.80 bits per heavy atom. The van der Waals surface area contributed by atoms with Gasteiger partial charge in [0.15, 0.2) is 0 Å². The highest BCUT2D eigenvalue weighted by Gasteiger charge is 2.26. The van der Waals surface area contributed by atoms with Crippen molar-refractivity contribution in [3.05, 3.63) is 53.3 Å². The first kappa shape index (κ1) is 25.4. The summed E-state index contributed by atoms with van der Waals surface area (Å²) in [6, 6.07) is 12.2. The molecule has 4 rings (SSSR count). The fraction of sp³-hybridized carbons (Fsp3) is 0.552. The first-order chi connectivity index (χ1) is 16.9. The normalized spacial score (nSPS) is 19.4. The summed E-state index contributed by atoms with van der Waals surface area (Å²) in [5.41, 5.74) is 4.53. The van der Waals surface area contributed by atoms with Crippen LogP contribution in [0.2, 0.25) is 0 Å². The lowest BCUT2D eigenvalue weighted by molar-refractivity contribution is -0.136. The van der Waals surface area contributed by atoms with Crippen LogP contribution in [-0.2, 0) is 22.4 Å². The number of likely N-dealkylation sites (N-methyl/N-ethyl adjacent to an activating group) is 1. The van der Waals surface area contributed by atoms with Crippen LogP contribution in [0.5, 0.6) is 0 Å². The highest BCUT2D eigenvalue weighted by atomic mass is 16.4. The maximum Gasteiger partial charge on any atom is 0.309 e. The van der Waals surface area contributed by atoms with E-state index in [4.69, 9.17) is 4.98 Å². The molecule has 2 aliphatic rings. The lowest BCUT2D eigenvalue weighted by Gasteiger charge is -2.32. The van der Waals surface area contributed by atoms with Crippen LogP contribution in [0, 0.1) is 5.92 Å². The Morgan fingerprint density at radius 3 is 2.49 bits per heavy atom. The molecular formula is C29H39N3O3. The fourth-order valence-corrected chi connectivity index (χ4v) is 5.92. The molecule has 0 spiro atoms. The molecule has 1 saturated heterocycles. The van der Waals surface area contributed by atoms with Crippen molar-refractivity contribution in [3.63, 3.8) is 0 Å². The average Bonchev–Trinajstić information content (AvgIpc) is 2.84. The summed E-state index contributed by atoms with van der Waals surface area (Å²) in [4.78, 5) is 34.0. The van der Waals surface area contributed by atoms with E-state index in [1.165, 1.54) is 31.2 Å². The molecule has 0 radical (unpaired) electrons. The molecule has 2 fully saturated rings. The zero-order chi connectivity index (χ0) is 24.8. The molecule has 2 aromatic rings. The Labute approximate surface area is 209 Å². The van der Waals surface area contributed by atoms with E-state index in [0.29, 0.717) is 23.2 Å². The maximum atomic E-state index is 13.4. The van der Waals surface area contributed by atoms with Crippen LogP contribution < -0.4 is 0 Å². The number of piperidine rings is 1. The molecule has 188 valence electrons. The van der Waals surface area contributed by atoms with E-state index < -0.39 is 5.97 Å². The molecule has 1 atom stereocenters. The van der Waals surface area contributed by atoms with E-state index in [1.54, 1.807) is 0 Å². The van der Waals surface area contributed by atoms with Crippen molar-refractivity contribution in [1.82, 2.24) is 14.8 Å². The third-order valence-corrected chi connectivity index (χ3v) is 7.62. The molecule has 35 heavy (non-hydrogen) atoms. The topological polar surface area (TPSA) is 73.7 Å². The highest BCUT2D eigenvalue weighted by Crippen LogP contribution is 2.40. The van der Waals surface area contributed by atoms with Gasteiger partial charge in [0.1, 0.15) is 0 Å². The summed E-state index contributed by atoms with van der Waals surface area (Å²) in [7, 11) is 4.03. The number of benzene rings is 1. The van der Waals surface area contributed by atoms with Gasteiger partial charge >= 0.3 is 5.97 Å². The van der Waals surface area contributed by atoms with Gasteiger partial charge in [-0.05, 0) is 68.3 Å². The summed E-state index contributed by atoms with van der Waals surface area (Å²) in [5.74, 6) is 0.0135. The number of pyridine rings is 1. The first-order valence-corrected chi connectivity index (χ1v) is 13.1. The summed E-state index contributed by atoms with van der Waals surface area (Å²) in [5, 5.41) is 9.50. The first-order valence-electron chi connectivity index (χ1n) is 13.1. The maximum absolute atomic E-state index is 13.4. The molecule has 6 nitrogen and oxygen atoms in total. The molecule has 1 unspecified atom stereocenters. The minimum Gasteiger partial charge on any atom is -0.481 e. The summed E-state index contributed by atoms with van der Waals surface area (Å²) >= 11 is 0. The predicted octanol–water partition coefficient (Wildman–Crippen LogP) is 4.77. The minimum absolute atomic E-state index is 0.0463. The van der Waals surface area contributed by atoms with E-state index in [9.17, 15) is 14.7 Å². The van der Waals surface area contributed by atoms with Gasteiger partial charge in [-0.15, -0.1) is 0 Å². The van der Waals surface area contributed by atoms with Gasteiger partial charge in [-0.25, -0.2) is 0 Å². The van der Waals surface area contributed by atoms with Crippen LogP contribution in [-0.4, -0.2) is 65.5 Å². The molecule has 6 heteroatoms. The van der Waals surface area contributed by atoms with Gasteiger partial charge in [0.25, 0.3) is 0 Å². The number of carboxylic acids is 1. The Kier molecular flexibility index (Phi) is 8.55. The number of carbonyl (C=O) groups is 2. The molecule has 0 bridgehead atoms. The summed E-state index contributed by atoms with van der Waals surface area (Å²) < 4.78 is 0. The molecule has 1 N–H and O–H groups in total. The number of aliphatic carboxylic acids is 1. The minimum atomic E-state index is -0.893. The van der Waals surface area contributed by atoms with Crippen LogP contribution >= 0.6 is 0 Å². The molecule has 1 aliphatic heterocycles. The number of carbonyl (C=O) groups excluding carboxylic acids is 1. The average molecular weight is 478 g/mol. The van der Waals surface area contributed by atoms with E-state index in [1.807, 2.05) is 36.2 Å². The smallest absolute Gasteiger partial charge is 0.309 e. The van der Waals surface area contributed by atoms with Crippen LogP contribution in [0.25, 0.3) is 11.1 Å². The van der Waals surface area contributed by atoms with Gasteiger partial charge in [0.05, 0.1) is 24.2 Å². The third kappa shape index (κ3) is 6.69. The number of aromatic nitrogens is 1. The van der Waals surface area contributed by atoms with Crippen molar-refractivity contribution in [3.8, 4) is 11.1 Å². The quantitative estimate of drug-likeness (QED) is 0.593.